The minimum absolute atomic E-state index is 0.131. The van der Waals surface area contributed by atoms with Crippen LogP contribution in [0, 0.1) is 0 Å². The third-order valence-electron chi connectivity index (χ3n) is 4.60. The van der Waals surface area contributed by atoms with E-state index in [9.17, 15) is 14.4 Å². The number of piperazine rings is 1. The predicted molar refractivity (Wildman–Crippen MR) is 86.9 cm³/mol. The molecule has 3 heterocycles. The summed E-state index contributed by atoms with van der Waals surface area (Å²) in [6.07, 6.45) is 1.57. The van der Waals surface area contributed by atoms with Crippen molar-refractivity contribution in [1.82, 2.24) is 29.8 Å². The van der Waals surface area contributed by atoms with E-state index in [0.29, 0.717) is 37.6 Å². The second kappa shape index (κ2) is 6.71. The Hall–Kier alpha value is -2.62. The van der Waals surface area contributed by atoms with Gasteiger partial charge in [-0.15, -0.1) is 5.10 Å². The van der Waals surface area contributed by atoms with Crippen LogP contribution in [0.2, 0.25) is 0 Å². The zero-order chi connectivity index (χ0) is 18.1. The highest BCUT2D eigenvalue weighted by Gasteiger charge is 2.35. The van der Waals surface area contributed by atoms with Gasteiger partial charge in [-0.05, 0) is 0 Å². The van der Waals surface area contributed by atoms with E-state index in [1.807, 2.05) is 4.90 Å². The van der Waals surface area contributed by atoms with Gasteiger partial charge in [0.1, 0.15) is 5.56 Å². The molecule has 2 saturated heterocycles. The molecule has 2 aliphatic heterocycles. The van der Waals surface area contributed by atoms with Crippen LogP contribution in [0.25, 0.3) is 0 Å². The van der Waals surface area contributed by atoms with Gasteiger partial charge in [0.05, 0.1) is 19.7 Å². The first-order chi connectivity index (χ1) is 11.9. The number of hydrogen-bond acceptors (Lipinski definition) is 6. The average Bonchev–Trinajstić information content (AvgIpc) is 2.99. The lowest BCUT2D eigenvalue weighted by Crippen LogP contribution is -2.62. The molecular formula is C15H22N6O4. The van der Waals surface area contributed by atoms with Crippen LogP contribution in [0.4, 0.5) is 4.79 Å². The number of methoxy groups -OCH3 is 1. The molecule has 136 valence electrons. The Morgan fingerprint density at radius 2 is 1.92 bits per heavy atom. The number of urea groups is 1. The Kier molecular flexibility index (Phi) is 4.62. The van der Waals surface area contributed by atoms with Gasteiger partial charge in [-0.25, -0.2) is 4.79 Å². The molecule has 0 bridgehead atoms. The van der Waals surface area contributed by atoms with Crippen LogP contribution >= 0.6 is 0 Å². The van der Waals surface area contributed by atoms with Crippen molar-refractivity contribution < 1.29 is 19.1 Å². The first kappa shape index (κ1) is 17.2. The highest BCUT2D eigenvalue weighted by atomic mass is 16.5. The lowest BCUT2D eigenvalue weighted by molar-refractivity contribution is -0.130. The number of rotatable bonds is 3. The molecule has 10 heteroatoms. The summed E-state index contributed by atoms with van der Waals surface area (Å²) in [5.41, 5.74) is 0.432. The molecule has 1 N–H and O–H groups in total. The fourth-order valence-electron chi connectivity index (χ4n) is 3.10. The third-order valence-corrected chi connectivity index (χ3v) is 4.60. The van der Waals surface area contributed by atoms with E-state index in [-0.39, 0.29) is 30.4 Å². The lowest BCUT2D eigenvalue weighted by Gasteiger charge is -2.41. The first-order valence-electron chi connectivity index (χ1n) is 8.08. The Balaban J connectivity index is 1.61. The van der Waals surface area contributed by atoms with Gasteiger partial charge in [0.15, 0.2) is 0 Å². The Morgan fingerprint density at radius 3 is 2.52 bits per heavy atom. The SMILES string of the molecule is COc1nn(C)cc1C(=O)N1CCN(C2CC(=O)N(C)C(=O)N2)CC1. The third kappa shape index (κ3) is 3.29. The van der Waals surface area contributed by atoms with Crippen LogP contribution in [0.3, 0.4) is 0 Å². The van der Waals surface area contributed by atoms with E-state index in [4.69, 9.17) is 4.74 Å². The van der Waals surface area contributed by atoms with Crippen LogP contribution in [-0.2, 0) is 11.8 Å². The Labute approximate surface area is 145 Å². The molecule has 1 atom stereocenters. The van der Waals surface area contributed by atoms with E-state index in [0.717, 1.165) is 4.90 Å². The van der Waals surface area contributed by atoms with Crippen LogP contribution in [0.1, 0.15) is 16.8 Å². The molecule has 2 aliphatic rings. The number of imide groups is 1. The van der Waals surface area contributed by atoms with Gasteiger partial charge >= 0.3 is 6.03 Å². The predicted octanol–water partition coefficient (Wildman–Crippen LogP) is -0.916. The zero-order valence-electron chi connectivity index (χ0n) is 14.6. The molecule has 4 amide bonds. The van der Waals surface area contributed by atoms with Crippen LogP contribution in [0.15, 0.2) is 6.20 Å². The molecule has 0 aromatic carbocycles. The second-order valence-electron chi connectivity index (χ2n) is 6.18. The number of aromatic nitrogens is 2. The molecule has 3 rings (SSSR count). The Morgan fingerprint density at radius 1 is 1.24 bits per heavy atom. The molecule has 1 aromatic rings. The van der Waals surface area contributed by atoms with Gasteiger partial charge in [0.2, 0.25) is 11.8 Å². The van der Waals surface area contributed by atoms with E-state index in [2.05, 4.69) is 10.4 Å². The summed E-state index contributed by atoms with van der Waals surface area (Å²) in [7, 11) is 4.68. The van der Waals surface area contributed by atoms with E-state index >= 15 is 0 Å². The molecule has 10 nitrogen and oxygen atoms in total. The van der Waals surface area contributed by atoms with Gasteiger partial charge in [-0.3, -0.25) is 24.1 Å². The number of ether oxygens (including phenoxy) is 1. The minimum Gasteiger partial charge on any atom is -0.479 e. The van der Waals surface area contributed by atoms with Crippen LogP contribution in [-0.4, -0.2) is 88.8 Å². The van der Waals surface area contributed by atoms with E-state index < -0.39 is 0 Å². The van der Waals surface area contributed by atoms with Crippen molar-refractivity contribution in [3.63, 3.8) is 0 Å². The molecule has 0 saturated carbocycles. The summed E-state index contributed by atoms with van der Waals surface area (Å²) < 4.78 is 6.69. The lowest BCUT2D eigenvalue weighted by atomic mass is 10.2. The summed E-state index contributed by atoms with van der Waals surface area (Å²) in [6, 6.07) is -0.389. The normalized spacial score (nSPS) is 22.1. The quantitative estimate of drug-likeness (QED) is 0.757. The van der Waals surface area contributed by atoms with Crippen molar-refractivity contribution in [2.45, 2.75) is 12.6 Å². The number of nitrogens with one attached hydrogen (secondary N) is 1. The number of carbonyl (C=O) groups is 3. The van der Waals surface area contributed by atoms with Crippen molar-refractivity contribution in [2.24, 2.45) is 7.05 Å². The second-order valence-corrected chi connectivity index (χ2v) is 6.18. The number of hydrogen-bond donors (Lipinski definition) is 1. The van der Waals surface area contributed by atoms with Gasteiger partial charge < -0.3 is 15.0 Å². The molecule has 1 unspecified atom stereocenters. The number of nitrogens with zero attached hydrogens (tertiary/aromatic N) is 5. The fraction of sp³-hybridized carbons (Fsp3) is 0.600. The average molecular weight is 350 g/mol. The number of amides is 4. The van der Waals surface area contributed by atoms with Gasteiger partial charge in [0, 0.05) is 46.5 Å². The minimum atomic E-state index is -0.389. The summed E-state index contributed by atoms with van der Waals surface area (Å²) in [5, 5.41) is 6.92. The summed E-state index contributed by atoms with van der Waals surface area (Å²) in [6.45, 7) is 2.17. The number of carbonyl (C=O) groups excluding carboxylic acids is 3. The molecule has 2 fully saturated rings. The maximum atomic E-state index is 12.7. The molecule has 1 aromatic heterocycles. The van der Waals surface area contributed by atoms with Gasteiger partial charge in [-0.2, -0.15) is 0 Å². The highest BCUT2D eigenvalue weighted by molar-refractivity contribution is 5.97. The zero-order valence-corrected chi connectivity index (χ0v) is 14.6. The van der Waals surface area contributed by atoms with Crippen LogP contribution in [0.5, 0.6) is 5.88 Å². The van der Waals surface area contributed by atoms with Crippen LogP contribution < -0.4 is 10.1 Å². The standard InChI is InChI=1S/C15H22N6O4/c1-18-9-10(13(17-18)25-3)14(23)21-6-4-20(5-7-21)11-8-12(22)19(2)15(24)16-11/h9,11H,4-8H2,1-3H3,(H,16,24). The summed E-state index contributed by atoms with van der Waals surface area (Å²) in [5.74, 6) is -0.0245. The largest absolute Gasteiger partial charge is 0.479 e. The maximum Gasteiger partial charge on any atom is 0.325 e. The smallest absolute Gasteiger partial charge is 0.325 e. The van der Waals surface area contributed by atoms with Crippen molar-refractivity contribution in [2.75, 3.05) is 40.3 Å². The van der Waals surface area contributed by atoms with Gasteiger partial charge in [0.25, 0.3) is 5.91 Å². The summed E-state index contributed by atoms with van der Waals surface area (Å²) >= 11 is 0. The molecule has 25 heavy (non-hydrogen) atoms. The topological polar surface area (TPSA) is 100 Å². The van der Waals surface area contributed by atoms with Crippen molar-refractivity contribution in [1.29, 1.82) is 0 Å². The Bertz CT molecular complexity index is 676. The van der Waals surface area contributed by atoms with Crippen molar-refractivity contribution in [3.8, 4) is 5.88 Å². The fourth-order valence-corrected chi connectivity index (χ4v) is 3.10. The highest BCUT2D eigenvalue weighted by Crippen LogP contribution is 2.19. The van der Waals surface area contributed by atoms with E-state index in [1.165, 1.54) is 14.2 Å². The van der Waals surface area contributed by atoms with E-state index in [1.54, 1.807) is 22.8 Å². The molecule has 0 aliphatic carbocycles. The van der Waals surface area contributed by atoms with Crippen molar-refractivity contribution >= 4 is 17.8 Å². The van der Waals surface area contributed by atoms with Crippen molar-refractivity contribution in [3.05, 3.63) is 11.8 Å². The molecular weight excluding hydrogens is 328 g/mol. The van der Waals surface area contributed by atoms with Gasteiger partial charge in [-0.1, -0.05) is 0 Å². The number of aryl methyl sites for hydroxylation is 1. The molecule has 0 spiro atoms. The first-order valence-corrected chi connectivity index (χ1v) is 8.08. The maximum absolute atomic E-state index is 12.7. The summed E-state index contributed by atoms with van der Waals surface area (Å²) in [4.78, 5) is 41.1. The monoisotopic (exact) mass is 350 g/mol. The molecule has 0 radical (unpaired) electrons.